The van der Waals surface area contributed by atoms with Crippen LogP contribution in [-0.4, -0.2) is 12.5 Å². The Morgan fingerprint density at radius 3 is 2.86 bits per heavy atom. The number of halogens is 2. The van der Waals surface area contributed by atoms with Crippen LogP contribution in [0.25, 0.3) is 0 Å². The van der Waals surface area contributed by atoms with Crippen LogP contribution in [0.2, 0.25) is 0 Å². The lowest BCUT2D eigenvalue weighted by Crippen LogP contribution is -1.99. The molecule has 0 aromatic heterocycles. The van der Waals surface area contributed by atoms with Crippen LogP contribution in [0.3, 0.4) is 0 Å². The lowest BCUT2D eigenvalue weighted by Gasteiger charge is -2.10. The van der Waals surface area contributed by atoms with Gasteiger partial charge in [-0.1, -0.05) is 6.07 Å². The highest BCUT2D eigenvalue weighted by Crippen LogP contribution is 2.23. The molecule has 0 saturated carbocycles. The lowest BCUT2D eigenvalue weighted by molar-refractivity contribution is 0.333. The second kappa shape index (κ2) is 5.86. The van der Waals surface area contributed by atoms with Gasteiger partial charge in [0.05, 0.1) is 6.61 Å². The number of benzene rings is 1. The molecule has 0 unspecified atom stereocenters. The fourth-order valence-corrected chi connectivity index (χ4v) is 1.45. The van der Waals surface area contributed by atoms with Crippen molar-refractivity contribution in [1.29, 1.82) is 0 Å². The van der Waals surface area contributed by atoms with E-state index < -0.39 is 0 Å². The molecule has 3 heteroatoms. The van der Waals surface area contributed by atoms with Gasteiger partial charge in [0.2, 0.25) is 0 Å². The third-order valence-electron chi connectivity index (χ3n) is 1.94. The fraction of sp³-hybridized carbons (Fsp3) is 0.455. The SMILES string of the molecule is CCOc1cccc(F)c1CCCCl. The number of ether oxygens (including phenoxy) is 1. The molecule has 1 aromatic carbocycles. The third kappa shape index (κ3) is 2.88. The van der Waals surface area contributed by atoms with Crippen LogP contribution in [0.15, 0.2) is 18.2 Å². The molecule has 0 saturated heterocycles. The van der Waals surface area contributed by atoms with Gasteiger partial charge in [0, 0.05) is 11.4 Å². The third-order valence-corrected chi connectivity index (χ3v) is 2.20. The highest BCUT2D eigenvalue weighted by Gasteiger charge is 2.08. The predicted molar refractivity (Wildman–Crippen MR) is 56.6 cm³/mol. The molecular weight excluding hydrogens is 203 g/mol. The molecule has 0 aliphatic rings. The van der Waals surface area contributed by atoms with Gasteiger partial charge in [-0.05, 0) is 31.9 Å². The Bertz CT molecular complexity index is 289. The van der Waals surface area contributed by atoms with Crippen LogP contribution in [0.1, 0.15) is 18.9 Å². The van der Waals surface area contributed by atoms with E-state index in [0.29, 0.717) is 30.2 Å². The fourth-order valence-electron chi connectivity index (χ4n) is 1.32. The standard InChI is InChI=1S/C11H14ClFO/c1-2-14-11-7-3-6-10(13)9(11)5-4-8-12/h3,6-7H,2,4-5,8H2,1H3. The van der Waals surface area contributed by atoms with E-state index in [1.165, 1.54) is 6.07 Å². The molecule has 0 atom stereocenters. The van der Waals surface area contributed by atoms with Gasteiger partial charge in [-0.3, -0.25) is 0 Å². The summed E-state index contributed by atoms with van der Waals surface area (Å²) in [5.74, 6) is 0.971. The first-order valence-corrected chi connectivity index (χ1v) is 5.29. The quantitative estimate of drug-likeness (QED) is 0.686. The van der Waals surface area contributed by atoms with Crippen molar-refractivity contribution in [2.75, 3.05) is 12.5 Å². The van der Waals surface area contributed by atoms with Crippen LogP contribution in [0.4, 0.5) is 4.39 Å². The average molecular weight is 217 g/mol. The van der Waals surface area contributed by atoms with E-state index >= 15 is 0 Å². The van der Waals surface area contributed by atoms with Gasteiger partial charge in [0.25, 0.3) is 0 Å². The highest BCUT2D eigenvalue weighted by molar-refractivity contribution is 6.17. The maximum atomic E-state index is 13.4. The number of hydrogen-bond donors (Lipinski definition) is 0. The van der Waals surface area contributed by atoms with E-state index in [1.807, 2.05) is 6.92 Å². The number of alkyl halides is 1. The number of hydrogen-bond acceptors (Lipinski definition) is 1. The first-order chi connectivity index (χ1) is 6.79. The van der Waals surface area contributed by atoms with Gasteiger partial charge in [-0.25, -0.2) is 4.39 Å². The smallest absolute Gasteiger partial charge is 0.130 e. The van der Waals surface area contributed by atoms with Crippen LogP contribution in [0.5, 0.6) is 5.75 Å². The van der Waals surface area contributed by atoms with Crippen molar-refractivity contribution in [3.63, 3.8) is 0 Å². The maximum Gasteiger partial charge on any atom is 0.130 e. The molecule has 1 rings (SSSR count). The van der Waals surface area contributed by atoms with E-state index in [0.717, 1.165) is 6.42 Å². The van der Waals surface area contributed by atoms with Crippen LogP contribution < -0.4 is 4.74 Å². The molecule has 0 bridgehead atoms. The van der Waals surface area contributed by atoms with E-state index in [9.17, 15) is 4.39 Å². The van der Waals surface area contributed by atoms with Crippen molar-refractivity contribution in [2.45, 2.75) is 19.8 Å². The zero-order valence-electron chi connectivity index (χ0n) is 8.22. The summed E-state index contributed by atoms with van der Waals surface area (Å²) in [5, 5.41) is 0. The molecule has 14 heavy (non-hydrogen) atoms. The minimum absolute atomic E-state index is 0.207. The second-order valence-electron chi connectivity index (χ2n) is 2.94. The van der Waals surface area contributed by atoms with E-state index in [4.69, 9.17) is 16.3 Å². The van der Waals surface area contributed by atoms with Crippen molar-refractivity contribution in [2.24, 2.45) is 0 Å². The average Bonchev–Trinajstić information content (AvgIpc) is 2.18. The number of rotatable bonds is 5. The molecule has 1 aromatic rings. The van der Waals surface area contributed by atoms with Crippen LogP contribution in [-0.2, 0) is 6.42 Å². The molecule has 78 valence electrons. The van der Waals surface area contributed by atoms with Crippen molar-refractivity contribution in [3.8, 4) is 5.75 Å². The summed E-state index contributed by atoms with van der Waals surface area (Å²) in [5.41, 5.74) is 0.634. The van der Waals surface area contributed by atoms with Gasteiger partial charge in [-0.15, -0.1) is 11.6 Å². The summed E-state index contributed by atoms with van der Waals surface area (Å²) in [6, 6.07) is 4.90. The monoisotopic (exact) mass is 216 g/mol. The first-order valence-electron chi connectivity index (χ1n) is 4.75. The Morgan fingerprint density at radius 1 is 1.43 bits per heavy atom. The largest absolute Gasteiger partial charge is 0.493 e. The van der Waals surface area contributed by atoms with Crippen LogP contribution >= 0.6 is 11.6 Å². The predicted octanol–water partition coefficient (Wildman–Crippen LogP) is 3.40. The van der Waals surface area contributed by atoms with Gasteiger partial charge in [0.15, 0.2) is 0 Å². The van der Waals surface area contributed by atoms with Crippen molar-refractivity contribution in [3.05, 3.63) is 29.6 Å². The van der Waals surface area contributed by atoms with E-state index in [1.54, 1.807) is 12.1 Å². The second-order valence-corrected chi connectivity index (χ2v) is 3.32. The summed E-state index contributed by atoms with van der Waals surface area (Å²) >= 11 is 5.57. The molecular formula is C11H14ClFO. The normalized spacial score (nSPS) is 10.2. The summed E-state index contributed by atoms with van der Waals surface area (Å²) in [6.07, 6.45) is 1.40. The summed E-state index contributed by atoms with van der Waals surface area (Å²) < 4.78 is 18.7. The van der Waals surface area contributed by atoms with Crippen molar-refractivity contribution in [1.82, 2.24) is 0 Å². The topological polar surface area (TPSA) is 9.23 Å². The van der Waals surface area contributed by atoms with Crippen molar-refractivity contribution < 1.29 is 9.13 Å². The summed E-state index contributed by atoms with van der Waals surface area (Å²) in [4.78, 5) is 0. The zero-order chi connectivity index (χ0) is 10.4. The summed E-state index contributed by atoms with van der Waals surface area (Å²) in [7, 11) is 0. The van der Waals surface area contributed by atoms with E-state index in [-0.39, 0.29) is 5.82 Å². The molecule has 0 fully saturated rings. The molecule has 0 radical (unpaired) electrons. The van der Waals surface area contributed by atoms with Crippen molar-refractivity contribution >= 4 is 11.6 Å². The lowest BCUT2D eigenvalue weighted by atomic mass is 10.1. The van der Waals surface area contributed by atoms with Gasteiger partial charge >= 0.3 is 0 Å². The maximum absolute atomic E-state index is 13.4. The Morgan fingerprint density at radius 2 is 2.21 bits per heavy atom. The minimum atomic E-state index is -0.207. The molecule has 0 amide bonds. The first kappa shape index (κ1) is 11.3. The Balaban J connectivity index is 2.84. The van der Waals surface area contributed by atoms with Gasteiger partial charge in [-0.2, -0.15) is 0 Å². The minimum Gasteiger partial charge on any atom is -0.493 e. The molecule has 0 aliphatic heterocycles. The van der Waals surface area contributed by atoms with E-state index in [2.05, 4.69) is 0 Å². The highest BCUT2D eigenvalue weighted by atomic mass is 35.5. The molecule has 0 heterocycles. The van der Waals surface area contributed by atoms with Crippen LogP contribution in [0, 0.1) is 5.82 Å². The Labute approximate surface area is 88.8 Å². The molecule has 0 aliphatic carbocycles. The molecule has 0 N–H and O–H groups in total. The Kier molecular flexibility index (Phi) is 4.74. The molecule has 1 nitrogen and oxygen atoms in total. The zero-order valence-corrected chi connectivity index (χ0v) is 8.98. The Hall–Kier alpha value is -0.760. The molecule has 0 spiro atoms. The summed E-state index contributed by atoms with van der Waals surface area (Å²) in [6.45, 7) is 2.44. The van der Waals surface area contributed by atoms with Gasteiger partial charge in [0.1, 0.15) is 11.6 Å². The van der Waals surface area contributed by atoms with Gasteiger partial charge < -0.3 is 4.74 Å².